The molecule has 25 heavy (non-hydrogen) atoms. The van der Waals surface area contributed by atoms with Gasteiger partial charge >= 0.3 is 0 Å². The lowest BCUT2D eigenvalue weighted by Gasteiger charge is -2.26. The number of aromatic nitrogens is 2. The van der Waals surface area contributed by atoms with Crippen LogP contribution in [0.25, 0.3) is 22.0 Å². The minimum absolute atomic E-state index is 0.805. The maximum absolute atomic E-state index is 5.45. The summed E-state index contributed by atoms with van der Waals surface area (Å²) >= 11 is 1.81. The fourth-order valence-electron chi connectivity index (χ4n) is 3.07. The Morgan fingerprint density at radius 1 is 0.960 bits per heavy atom. The number of fused-ring (bicyclic) bond motifs is 1. The summed E-state index contributed by atoms with van der Waals surface area (Å²) in [4.78, 5) is 1.27. The molecule has 1 aliphatic heterocycles. The van der Waals surface area contributed by atoms with Crippen LogP contribution in [0.15, 0.2) is 47.4 Å². The van der Waals surface area contributed by atoms with Gasteiger partial charge in [0.25, 0.3) is 0 Å². The Morgan fingerprint density at radius 3 is 2.52 bits per heavy atom. The van der Waals surface area contributed by atoms with Crippen molar-refractivity contribution in [3.8, 4) is 11.3 Å². The van der Waals surface area contributed by atoms with Crippen molar-refractivity contribution in [1.82, 2.24) is 14.5 Å². The third-order valence-corrected chi connectivity index (χ3v) is 5.79. The van der Waals surface area contributed by atoms with Crippen molar-refractivity contribution in [3.05, 3.63) is 53.7 Å². The molecule has 0 saturated carbocycles. The lowest BCUT2D eigenvalue weighted by atomic mass is 10.0. The van der Waals surface area contributed by atoms with Crippen LogP contribution in [-0.4, -0.2) is 40.8 Å². The molecule has 4 nitrogen and oxygen atoms in total. The molecular formula is C20H21N3OS. The summed E-state index contributed by atoms with van der Waals surface area (Å²) in [6, 6.07) is 14.9. The molecule has 2 aromatic carbocycles. The van der Waals surface area contributed by atoms with Crippen molar-refractivity contribution in [3.63, 3.8) is 0 Å². The molecule has 2 heterocycles. The van der Waals surface area contributed by atoms with Crippen LogP contribution >= 0.6 is 11.9 Å². The molecule has 0 aliphatic carbocycles. The number of hydrogen-bond donors (Lipinski definition) is 0. The van der Waals surface area contributed by atoms with Gasteiger partial charge in [-0.25, -0.2) is 4.31 Å². The van der Waals surface area contributed by atoms with E-state index >= 15 is 0 Å². The Morgan fingerprint density at radius 2 is 1.72 bits per heavy atom. The van der Waals surface area contributed by atoms with Crippen molar-refractivity contribution in [1.29, 1.82) is 0 Å². The van der Waals surface area contributed by atoms with Gasteiger partial charge in [0.1, 0.15) is 5.69 Å². The molecule has 1 aliphatic rings. The standard InChI is InChI=1S/C20H21N3OS/c1-14-7-8-16(13-19(14)25-23-9-11-24-12-10-23)20-18-6-4-3-5-17(18)15(2)21-22-20/h3-8,13H,9-12H2,1-2H3. The van der Waals surface area contributed by atoms with Gasteiger partial charge in [0.15, 0.2) is 0 Å². The summed E-state index contributed by atoms with van der Waals surface area (Å²) in [6.45, 7) is 7.70. The lowest BCUT2D eigenvalue weighted by molar-refractivity contribution is 0.0773. The first-order chi connectivity index (χ1) is 12.2. The molecule has 0 spiro atoms. The molecule has 1 fully saturated rings. The highest BCUT2D eigenvalue weighted by Gasteiger charge is 2.15. The van der Waals surface area contributed by atoms with Gasteiger partial charge in [0, 0.05) is 34.3 Å². The van der Waals surface area contributed by atoms with Crippen molar-refractivity contribution in [2.45, 2.75) is 18.7 Å². The molecule has 1 aromatic heterocycles. The Labute approximate surface area is 152 Å². The average Bonchev–Trinajstić information content (AvgIpc) is 2.65. The summed E-state index contributed by atoms with van der Waals surface area (Å²) < 4.78 is 7.82. The molecule has 0 bridgehead atoms. The molecule has 0 amide bonds. The van der Waals surface area contributed by atoms with Gasteiger partial charge < -0.3 is 4.74 Å². The van der Waals surface area contributed by atoms with Crippen LogP contribution in [0.2, 0.25) is 0 Å². The third-order valence-electron chi connectivity index (χ3n) is 4.53. The van der Waals surface area contributed by atoms with Crippen LogP contribution in [0.4, 0.5) is 0 Å². The van der Waals surface area contributed by atoms with E-state index < -0.39 is 0 Å². The zero-order chi connectivity index (χ0) is 17.2. The SMILES string of the molecule is Cc1ccc(-c2nnc(C)c3ccccc23)cc1SN1CCOCC1. The fraction of sp³-hybridized carbons (Fsp3) is 0.300. The predicted molar refractivity (Wildman–Crippen MR) is 103 cm³/mol. The molecule has 1 saturated heterocycles. The fourth-order valence-corrected chi connectivity index (χ4v) is 4.08. The van der Waals surface area contributed by atoms with E-state index in [4.69, 9.17) is 4.74 Å². The second kappa shape index (κ2) is 7.12. The van der Waals surface area contributed by atoms with E-state index in [1.165, 1.54) is 10.5 Å². The highest BCUT2D eigenvalue weighted by molar-refractivity contribution is 7.97. The molecule has 128 valence electrons. The Kier molecular flexibility index (Phi) is 4.70. The monoisotopic (exact) mass is 351 g/mol. The summed E-state index contributed by atoms with van der Waals surface area (Å²) in [6.07, 6.45) is 0. The normalized spacial score (nSPS) is 15.6. The highest BCUT2D eigenvalue weighted by Crippen LogP contribution is 2.33. The van der Waals surface area contributed by atoms with Gasteiger partial charge in [-0.3, -0.25) is 0 Å². The van der Waals surface area contributed by atoms with Crippen molar-refractivity contribution in [2.75, 3.05) is 26.3 Å². The van der Waals surface area contributed by atoms with E-state index in [1.54, 1.807) is 0 Å². The quantitative estimate of drug-likeness (QED) is 0.660. The van der Waals surface area contributed by atoms with Crippen LogP contribution in [0.3, 0.4) is 0 Å². The van der Waals surface area contributed by atoms with Crippen LogP contribution < -0.4 is 0 Å². The van der Waals surface area contributed by atoms with Crippen LogP contribution in [0.5, 0.6) is 0 Å². The minimum atomic E-state index is 0.805. The number of ether oxygens (including phenoxy) is 1. The number of aryl methyl sites for hydroxylation is 2. The third kappa shape index (κ3) is 3.40. The summed E-state index contributed by atoms with van der Waals surface area (Å²) in [5.74, 6) is 0. The number of morpholine rings is 1. The Balaban J connectivity index is 1.74. The second-order valence-electron chi connectivity index (χ2n) is 6.29. The van der Waals surface area contributed by atoms with E-state index in [0.717, 1.165) is 54.0 Å². The van der Waals surface area contributed by atoms with Crippen molar-refractivity contribution in [2.24, 2.45) is 0 Å². The molecule has 0 radical (unpaired) electrons. The van der Waals surface area contributed by atoms with Gasteiger partial charge in [-0.15, -0.1) is 5.10 Å². The van der Waals surface area contributed by atoms with Gasteiger partial charge in [-0.1, -0.05) is 36.4 Å². The molecule has 4 rings (SSSR count). The first-order valence-electron chi connectivity index (χ1n) is 8.56. The molecule has 3 aromatic rings. The van der Waals surface area contributed by atoms with Crippen molar-refractivity contribution >= 4 is 22.7 Å². The smallest absolute Gasteiger partial charge is 0.101 e. The molecule has 5 heteroatoms. The first kappa shape index (κ1) is 16.5. The molecule has 0 atom stereocenters. The molecular weight excluding hydrogens is 330 g/mol. The molecule has 0 N–H and O–H groups in total. The van der Waals surface area contributed by atoms with E-state index in [2.05, 4.69) is 63.9 Å². The highest BCUT2D eigenvalue weighted by atomic mass is 32.2. The Bertz CT molecular complexity index is 907. The first-order valence-corrected chi connectivity index (χ1v) is 9.33. The van der Waals surface area contributed by atoms with E-state index in [1.807, 2.05) is 18.9 Å². The topological polar surface area (TPSA) is 38.2 Å². The number of benzene rings is 2. The summed E-state index contributed by atoms with van der Waals surface area (Å²) in [5, 5.41) is 11.2. The second-order valence-corrected chi connectivity index (χ2v) is 7.43. The van der Waals surface area contributed by atoms with E-state index in [9.17, 15) is 0 Å². The van der Waals surface area contributed by atoms with Gasteiger partial charge in [-0.2, -0.15) is 5.10 Å². The Hall–Kier alpha value is -1.95. The van der Waals surface area contributed by atoms with E-state index in [-0.39, 0.29) is 0 Å². The summed E-state index contributed by atoms with van der Waals surface area (Å²) in [7, 11) is 0. The largest absolute Gasteiger partial charge is 0.379 e. The average molecular weight is 351 g/mol. The number of rotatable bonds is 3. The number of hydrogen-bond acceptors (Lipinski definition) is 5. The lowest BCUT2D eigenvalue weighted by Crippen LogP contribution is -2.30. The maximum atomic E-state index is 5.45. The van der Waals surface area contributed by atoms with E-state index in [0.29, 0.717) is 0 Å². The van der Waals surface area contributed by atoms with Crippen molar-refractivity contribution < 1.29 is 4.74 Å². The minimum Gasteiger partial charge on any atom is -0.379 e. The predicted octanol–water partition coefficient (Wildman–Crippen LogP) is 4.25. The van der Waals surface area contributed by atoms with Gasteiger partial charge in [0.05, 0.1) is 18.9 Å². The summed E-state index contributed by atoms with van der Waals surface area (Å²) in [5.41, 5.74) is 4.31. The van der Waals surface area contributed by atoms with Crippen LogP contribution in [-0.2, 0) is 4.74 Å². The zero-order valence-corrected chi connectivity index (χ0v) is 15.3. The maximum Gasteiger partial charge on any atom is 0.101 e. The van der Waals surface area contributed by atoms with Crippen LogP contribution in [0, 0.1) is 13.8 Å². The van der Waals surface area contributed by atoms with Gasteiger partial charge in [-0.05, 0) is 37.4 Å². The van der Waals surface area contributed by atoms with Gasteiger partial charge in [0.2, 0.25) is 0 Å². The van der Waals surface area contributed by atoms with Crippen LogP contribution in [0.1, 0.15) is 11.3 Å². The zero-order valence-electron chi connectivity index (χ0n) is 14.5. The number of nitrogens with zero attached hydrogens (tertiary/aromatic N) is 3. The molecule has 0 unspecified atom stereocenters.